The van der Waals surface area contributed by atoms with Gasteiger partial charge in [0.2, 0.25) is 0 Å². The summed E-state index contributed by atoms with van der Waals surface area (Å²) in [5.41, 5.74) is 9.21. The third-order valence-electron chi connectivity index (χ3n) is 6.39. The molecule has 0 atom stereocenters. The van der Waals surface area contributed by atoms with Gasteiger partial charge < -0.3 is 15.4 Å². The Hall–Kier alpha value is -4.32. The molecule has 44 heavy (non-hydrogen) atoms. The van der Waals surface area contributed by atoms with Crippen molar-refractivity contribution in [3.63, 3.8) is 0 Å². The standard InChI is InChI=1S/C33H27Br2N5O3S/c1-20-8-9-21(2)28(14-20)38-30(41)18-43-31-26(34)15-22(16-27(31)35)17-36-40-32(42)24-12-10-23(11-13-24)29-19-44-33(39-29)37-25-6-4-3-5-7-25/h3-17,19H,18H2,1-2H3,(H,37,39)(H,38,41)(H,40,42)/b36-17+. The highest BCUT2D eigenvalue weighted by Crippen LogP contribution is 2.34. The van der Waals surface area contributed by atoms with Gasteiger partial charge in [-0.15, -0.1) is 11.3 Å². The molecule has 0 aliphatic rings. The van der Waals surface area contributed by atoms with E-state index in [-0.39, 0.29) is 18.4 Å². The summed E-state index contributed by atoms with van der Waals surface area (Å²) in [6.07, 6.45) is 1.52. The number of carbonyl (C=O) groups is 2. The molecule has 1 heterocycles. The van der Waals surface area contributed by atoms with Crippen LogP contribution in [0.5, 0.6) is 5.75 Å². The van der Waals surface area contributed by atoms with Gasteiger partial charge in [0.1, 0.15) is 5.75 Å². The van der Waals surface area contributed by atoms with E-state index in [4.69, 9.17) is 4.74 Å². The highest BCUT2D eigenvalue weighted by Gasteiger charge is 2.13. The number of nitrogens with zero attached hydrogens (tertiary/aromatic N) is 2. The topological polar surface area (TPSA) is 105 Å². The number of ether oxygens (including phenoxy) is 1. The Bertz CT molecular complexity index is 1800. The second kappa shape index (κ2) is 14.4. The number of hydrazone groups is 1. The molecule has 11 heteroatoms. The van der Waals surface area contributed by atoms with Crippen molar-refractivity contribution < 1.29 is 14.3 Å². The number of hydrogen-bond donors (Lipinski definition) is 3. The maximum Gasteiger partial charge on any atom is 0.271 e. The van der Waals surface area contributed by atoms with E-state index in [0.717, 1.165) is 38.9 Å². The minimum atomic E-state index is -0.342. The van der Waals surface area contributed by atoms with E-state index >= 15 is 0 Å². The van der Waals surface area contributed by atoms with Gasteiger partial charge in [-0.1, -0.05) is 42.5 Å². The van der Waals surface area contributed by atoms with Gasteiger partial charge in [-0.2, -0.15) is 5.10 Å². The van der Waals surface area contributed by atoms with Crippen LogP contribution < -0.4 is 20.8 Å². The summed E-state index contributed by atoms with van der Waals surface area (Å²) in [5.74, 6) is -0.133. The minimum Gasteiger partial charge on any atom is -0.481 e. The number of hydrogen-bond acceptors (Lipinski definition) is 7. The van der Waals surface area contributed by atoms with Crippen LogP contribution in [0.25, 0.3) is 11.3 Å². The SMILES string of the molecule is Cc1ccc(C)c(NC(=O)COc2c(Br)cc(/C=N/NC(=O)c3ccc(-c4csc(Nc5ccccc5)n4)cc3)cc2Br)c1. The van der Waals surface area contributed by atoms with Crippen LogP contribution in [0.4, 0.5) is 16.5 Å². The number of anilines is 3. The molecular weight excluding hydrogens is 706 g/mol. The second-order valence-electron chi connectivity index (χ2n) is 9.77. The minimum absolute atomic E-state index is 0.166. The maximum atomic E-state index is 12.7. The summed E-state index contributed by atoms with van der Waals surface area (Å²) in [6, 6.07) is 26.5. The van der Waals surface area contributed by atoms with Gasteiger partial charge in [0.05, 0.1) is 20.9 Å². The Balaban J connectivity index is 1.14. The van der Waals surface area contributed by atoms with Crippen LogP contribution in [-0.2, 0) is 4.79 Å². The molecule has 0 saturated carbocycles. The molecule has 0 saturated heterocycles. The van der Waals surface area contributed by atoms with E-state index in [1.54, 1.807) is 24.3 Å². The van der Waals surface area contributed by atoms with Crippen molar-refractivity contribution in [2.75, 3.05) is 17.2 Å². The first-order valence-electron chi connectivity index (χ1n) is 13.5. The molecular formula is C33H27Br2N5O3S. The summed E-state index contributed by atoms with van der Waals surface area (Å²) in [4.78, 5) is 29.8. The first-order chi connectivity index (χ1) is 21.2. The molecule has 3 N–H and O–H groups in total. The van der Waals surface area contributed by atoms with Crippen molar-refractivity contribution in [3.05, 3.63) is 122 Å². The van der Waals surface area contributed by atoms with Crippen LogP contribution in [0.3, 0.4) is 0 Å². The largest absolute Gasteiger partial charge is 0.481 e. The van der Waals surface area contributed by atoms with Crippen LogP contribution in [0, 0.1) is 13.8 Å². The van der Waals surface area contributed by atoms with Gasteiger partial charge in [0, 0.05) is 27.9 Å². The van der Waals surface area contributed by atoms with Crippen molar-refractivity contribution in [3.8, 4) is 17.0 Å². The summed E-state index contributed by atoms with van der Waals surface area (Å²) >= 11 is 8.50. The zero-order valence-electron chi connectivity index (χ0n) is 23.7. The normalized spacial score (nSPS) is 10.9. The number of aryl methyl sites for hydroxylation is 2. The van der Waals surface area contributed by atoms with Crippen LogP contribution in [0.2, 0.25) is 0 Å². The highest BCUT2D eigenvalue weighted by atomic mass is 79.9. The number of carbonyl (C=O) groups excluding carboxylic acids is 2. The lowest BCUT2D eigenvalue weighted by atomic mass is 10.1. The Labute approximate surface area is 275 Å². The van der Waals surface area contributed by atoms with Gasteiger partial charge in [-0.25, -0.2) is 10.4 Å². The van der Waals surface area contributed by atoms with E-state index in [9.17, 15) is 9.59 Å². The van der Waals surface area contributed by atoms with Gasteiger partial charge >= 0.3 is 0 Å². The molecule has 222 valence electrons. The van der Waals surface area contributed by atoms with Crippen LogP contribution in [0.1, 0.15) is 27.0 Å². The zero-order chi connectivity index (χ0) is 31.1. The number of nitrogens with one attached hydrogen (secondary N) is 3. The van der Waals surface area contributed by atoms with Gasteiger partial charge in [0.25, 0.3) is 11.8 Å². The smallest absolute Gasteiger partial charge is 0.271 e. The lowest BCUT2D eigenvalue weighted by molar-refractivity contribution is -0.118. The quantitative estimate of drug-likeness (QED) is 0.0987. The third-order valence-corrected chi connectivity index (χ3v) is 8.32. The highest BCUT2D eigenvalue weighted by molar-refractivity contribution is 9.11. The summed E-state index contributed by atoms with van der Waals surface area (Å²) in [6.45, 7) is 3.74. The predicted molar refractivity (Wildman–Crippen MR) is 184 cm³/mol. The number of thiazole rings is 1. The summed E-state index contributed by atoms with van der Waals surface area (Å²) in [5, 5.41) is 13.0. The fourth-order valence-corrected chi connectivity index (χ4v) is 6.31. The summed E-state index contributed by atoms with van der Waals surface area (Å²) in [7, 11) is 0. The zero-order valence-corrected chi connectivity index (χ0v) is 27.7. The molecule has 5 aromatic rings. The molecule has 0 unspecified atom stereocenters. The van der Waals surface area contributed by atoms with Crippen LogP contribution in [-0.4, -0.2) is 29.6 Å². The van der Waals surface area contributed by atoms with Crippen molar-refractivity contribution in [2.45, 2.75) is 13.8 Å². The van der Waals surface area contributed by atoms with Gasteiger partial charge in [-0.3, -0.25) is 9.59 Å². The molecule has 1 aromatic heterocycles. The molecule has 0 radical (unpaired) electrons. The molecule has 2 amide bonds. The molecule has 0 bridgehead atoms. The van der Waals surface area contributed by atoms with E-state index in [1.807, 2.05) is 79.9 Å². The van der Waals surface area contributed by atoms with E-state index in [2.05, 4.69) is 58.0 Å². The number of halogens is 2. The fraction of sp³-hybridized carbons (Fsp3) is 0.0909. The lowest BCUT2D eigenvalue weighted by Gasteiger charge is -2.13. The van der Waals surface area contributed by atoms with Gasteiger partial charge in [-0.05, 0) is 105 Å². The molecule has 0 fully saturated rings. The number of para-hydroxylation sites is 1. The molecule has 0 aliphatic carbocycles. The Kier molecular flexibility index (Phi) is 10.2. The Morgan fingerprint density at radius 1 is 0.955 bits per heavy atom. The summed E-state index contributed by atoms with van der Waals surface area (Å²) < 4.78 is 7.02. The average Bonchev–Trinajstić information content (AvgIpc) is 3.47. The van der Waals surface area contributed by atoms with Crippen molar-refractivity contribution >= 4 is 77.7 Å². The van der Waals surface area contributed by atoms with Crippen molar-refractivity contribution in [2.24, 2.45) is 5.10 Å². The first kappa shape index (κ1) is 31.1. The molecule has 5 rings (SSSR count). The van der Waals surface area contributed by atoms with E-state index in [1.165, 1.54) is 17.6 Å². The lowest BCUT2D eigenvalue weighted by Crippen LogP contribution is -2.21. The molecule has 0 spiro atoms. The van der Waals surface area contributed by atoms with Crippen molar-refractivity contribution in [1.82, 2.24) is 10.4 Å². The van der Waals surface area contributed by atoms with Crippen LogP contribution >= 0.6 is 43.2 Å². The monoisotopic (exact) mass is 731 g/mol. The first-order valence-corrected chi connectivity index (χ1v) is 15.9. The fourth-order valence-electron chi connectivity index (χ4n) is 4.12. The number of amides is 2. The van der Waals surface area contributed by atoms with E-state index in [0.29, 0.717) is 25.8 Å². The maximum absolute atomic E-state index is 12.7. The Morgan fingerprint density at radius 3 is 2.41 bits per heavy atom. The molecule has 0 aliphatic heterocycles. The predicted octanol–water partition coefficient (Wildman–Crippen LogP) is 8.48. The van der Waals surface area contributed by atoms with E-state index < -0.39 is 0 Å². The average molecular weight is 733 g/mol. The molecule has 8 nitrogen and oxygen atoms in total. The number of benzene rings is 4. The van der Waals surface area contributed by atoms with Crippen molar-refractivity contribution in [1.29, 1.82) is 0 Å². The number of rotatable bonds is 10. The second-order valence-corrected chi connectivity index (χ2v) is 12.3. The molecule has 4 aromatic carbocycles. The van der Waals surface area contributed by atoms with Gasteiger partial charge in [0.15, 0.2) is 11.7 Å². The number of aromatic nitrogens is 1. The third kappa shape index (κ3) is 8.19. The Morgan fingerprint density at radius 2 is 1.68 bits per heavy atom. The van der Waals surface area contributed by atoms with Crippen LogP contribution in [0.15, 0.2) is 104 Å².